The molecule has 0 radical (unpaired) electrons. The molecule has 1 amide bonds. The molecule has 182 valence electrons. The van der Waals surface area contributed by atoms with Gasteiger partial charge in [-0.2, -0.15) is 5.10 Å². The molecule has 35 heavy (non-hydrogen) atoms. The highest BCUT2D eigenvalue weighted by molar-refractivity contribution is 5.82. The van der Waals surface area contributed by atoms with Gasteiger partial charge in [0.1, 0.15) is 28.6 Å². The van der Waals surface area contributed by atoms with Crippen LogP contribution < -0.4 is 10.4 Å². The van der Waals surface area contributed by atoms with Crippen LogP contribution in [0.25, 0.3) is 22.0 Å². The average molecular weight is 478 g/mol. The van der Waals surface area contributed by atoms with Gasteiger partial charge in [0.25, 0.3) is 0 Å². The molecule has 4 aromatic rings. The van der Waals surface area contributed by atoms with Gasteiger partial charge in [0.15, 0.2) is 5.65 Å². The fourth-order valence-electron chi connectivity index (χ4n) is 4.29. The number of ether oxygens (including phenoxy) is 2. The third-order valence-corrected chi connectivity index (χ3v) is 5.95. The van der Waals surface area contributed by atoms with Crippen LogP contribution in [0.1, 0.15) is 45.2 Å². The normalized spacial score (nSPS) is 15.0. The summed E-state index contributed by atoms with van der Waals surface area (Å²) in [4.78, 5) is 34.6. The number of benzene rings is 1. The van der Waals surface area contributed by atoms with Gasteiger partial charge in [0.2, 0.25) is 5.88 Å². The largest absolute Gasteiger partial charge is 0.444 e. The number of fused-ring (bicyclic) bond motifs is 2. The van der Waals surface area contributed by atoms with Gasteiger partial charge < -0.3 is 18.8 Å². The van der Waals surface area contributed by atoms with Gasteiger partial charge >= 0.3 is 11.7 Å². The number of carbonyl (C=O) groups is 1. The van der Waals surface area contributed by atoms with E-state index < -0.39 is 11.2 Å². The van der Waals surface area contributed by atoms with Crippen LogP contribution in [0, 0.1) is 6.92 Å². The highest BCUT2D eigenvalue weighted by Gasteiger charge is 2.29. The Morgan fingerprint density at radius 3 is 2.63 bits per heavy atom. The van der Waals surface area contributed by atoms with Crippen molar-refractivity contribution in [3.63, 3.8) is 0 Å². The number of aryl methyl sites for hydroxylation is 1. The Hall–Kier alpha value is -3.95. The maximum Gasteiger partial charge on any atom is 0.410 e. The van der Waals surface area contributed by atoms with Crippen molar-refractivity contribution in [2.75, 3.05) is 13.1 Å². The number of piperidine rings is 1. The molecule has 0 aliphatic carbocycles. The lowest BCUT2D eigenvalue weighted by molar-refractivity contribution is 0.0186. The first-order valence-electron chi connectivity index (χ1n) is 11.6. The standard InChI is InChI=1S/C25H27N5O5/c1-15-11-21(31)34-20-12-17(5-6-18(15)20)33-23-19-13-28-30(22(19)26-14-27-23)16-7-9-29(10-8-16)24(32)35-25(2,3)4/h5-6,11-14,16H,7-10H2,1-4H3. The Morgan fingerprint density at radius 2 is 1.89 bits per heavy atom. The lowest BCUT2D eigenvalue weighted by Crippen LogP contribution is -2.42. The van der Waals surface area contributed by atoms with Crippen molar-refractivity contribution < 1.29 is 18.7 Å². The summed E-state index contributed by atoms with van der Waals surface area (Å²) >= 11 is 0. The molecule has 1 aromatic carbocycles. The first-order valence-corrected chi connectivity index (χ1v) is 11.6. The Bertz CT molecular complexity index is 1460. The number of amides is 1. The summed E-state index contributed by atoms with van der Waals surface area (Å²) in [7, 11) is 0. The topological polar surface area (TPSA) is 113 Å². The predicted octanol–water partition coefficient (Wildman–Crippen LogP) is 4.61. The molecule has 10 heteroatoms. The molecule has 1 aliphatic heterocycles. The van der Waals surface area contributed by atoms with Crippen molar-refractivity contribution in [1.29, 1.82) is 0 Å². The molecular formula is C25H27N5O5. The first-order chi connectivity index (χ1) is 16.7. The first kappa shape index (κ1) is 22.8. The molecule has 5 rings (SSSR count). The molecule has 0 bridgehead atoms. The van der Waals surface area contributed by atoms with E-state index in [9.17, 15) is 9.59 Å². The summed E-state index contributed by atoms with van der Waals surface area (Å²) in [5.41, 5.74) is 1.02. The fraction of sp³-hybridized carbons (Fsp3) is 0.400. The Morgan fingerprint density at radius 1 is 1.11 bits per heavy atom. The summed E-state index contributed by atoms with van der Waals surface area (Å²) in [6.45, 7) is 8.61. The number of rotatable bonds is 3. The molecular weight excluding hydrogens is 450 g/mol. The molecule has 4 heterocycles. The van der Waals surface area contributed by atoms with Crippen LogP contribution in [0.2, 0.25) is 0 Å². The van der Waals surface area contributed by atoms with Crippen molar-refractivity contribution >= 4 is 28.1 Å². The van der Waals surface area contributed by atoms with Crippen LogP contribution in [0.4, 0.5) is 4.79 Å². The molecule has 3 aromatic heterocycles. The van der Waals surface area contributed by atoms with Crippen molar-refractivity contribution in [3.8, 4) is 11.6 Å². The molecule has 0 saturated carbocycles. The van der Waals surface area contributed by atoms with Gasteiger partial charge in [-0.3, -0.25) is 0 Å². The van der Waals surface area contributed by atoms with E-state index in [2.05, 4.69) is 15.1 Å². The van der Waals surface area contributed by atoms with Crippen LogP contribution in [0.3, 0.4) is 0 Å². The summed E-state index contributed by atoms with van der Waals surface area (Å²) in [6, 6.07) is 6.88. The molecule has 0 atom stereocenters. The number of carbonyl (C=O) groups excluding carboxylic acids is 1. The number of likely N-dealkylation sites (tertiary alicyclic amines) is 1. The van der Waals surface area contributed by atoms with Crippen LogP contribution in [0.15, 0.2) is 46.0 Å². The number of hydrogen-bond donors (Lipinski definition) is 0. The molecule has 1 fully saturated rings. The molecule has 1 saturated heterocycles. The summed E-state index contributed by atoms with van der Waals surface area (Å²) in [5.74, 6) is 0.853. The van der Waals surface area contributed by atoms with E-state index in [1.807, 2.05) is 38.4 Å². The van der Waals surface area contributed by atoms with Gasteiger partial charge in [-0.1, -0.05) is 0 Å². The highest BCUT2D eigenvalue weighted by atomic mass is 16.6. The van der Waals surface area contributed by atoms with Crippen molar-refractivity contribution in [2.24, 2.45) is 0 Å². The maximum absolute atomic E-state index is 12.4. The van der Waals surface area contributed by atoms with Gasteiger partial charge in [0, 0.05) is 30.6 Å². The smallest absolute Gasteiger partial charge is 0.410 e. The van der Waals surface area contributed by atoms with E-state index in [1.165, 1.54) is 12.4 Å². The third kappa shape index (κ3) is 4.68. The Labute approximate surface area is 201 Å². The van der Waals surface area contributed by atoms with Crippen LogP contribution in [0.5, 0.6) is 11.6 Å². The summed E-state index contributed by atoms with van der Waals surface area (Å²) in [5, 5.41) is 6.08. The van der Waals surface area contributed by atoms with E-state index in [0.29, 0.717) is 41.3 Å². The maximum atomic E-state index is 12.4. The van der Waals surface area contributed by atoms with Crippen molar-refractivity contribution in [2.45, 2.75) is 52.2 Å². The average Bonchev–Trinajstić information content (AvgIpc) is 3.23. The van der Waals surface area contributed by atoms with E-state index in [1.54, 1.807) is 23.2 Å². The summed E-state index contributed by atoms with van der Waals surface area (Å²) < 4.78 is 18.7. The van der Waals surface area contributed by atoms with Gasteiger partial charge in [0.05, 0.1) is 12.2 Å². The minimum atomic E-state index is -0.519. The van der Waals surface area contributed by atoms with Crippen LogP contribution in [-0.2, 0) is 4.74 Å². The Balaban J connectivity index is 1.35. The molecule has 0 unspecified atom stereocenters. The highest BCUT2D eigenvalue weighted by Crippen LogP contribution is 2.32. The second-order valence-electron chi connectivity index (χ2n) is 9.71. The molecule has 0 spiro atoms. The minimum absolute atomic E-state index is 0.0897. The Kier molecular flexibility index (Phi) is 5.66. The number of hydrogen-bond acceptors (Lipinski definition) is 8. The summed E-state index contributed by atoms with van der Waals surface area (Å²) in [6.07, 6.45) is 4.31. The van der Waals surface area contributed by atoms with E-state index in [4.69, 9.17) is 13.9 Å². The van der Waals surface area contributed by atoms with Gasteiger partial charge in [-0.05, 0) is 58.2 Å². The zero-order valence-electron chi connectivity index (χ0n) is 20.1. The third-order valence-electron chi connectivity index (χ3n) is 5.95. The molecule has 10 nitrogen and oxygen atoms in total. The van der Waals surface area contributed by atoms with E-state index in [0.717, 1.165) is 23.8 Å². The van der Waals surface area contributed by atoms with E-state index in [-0.39, 0.29) is 12.1 Å². The van der Waals surface area contributed by atoms with Gasteiger partial charge in [-0.15, -0.1) is 0 Å². The monoisotopic (exact) mass is 477 g/mol. The van der Waals surface area contributed by atoms with Crippen molar-refractivity contribution in [3.05, 3.63) is 52.8 Å². The van der Waals surface area contributed by atoms with Crippen LogP contribution in [-0.4, -0.2) is 49.4 Å². The minimum Gasteiger partial charge on any atom is -0.444 e. The second kappa shape index (κ2) is 8.68. The fourth-order valence-corrected chi connectivity index (χ4v) is 4.29. The molecule has 0 N–H and O–H groups in total. The number of nitrogens with zero attached hydrogens (tertiary/aromatic N) is 5. The van der Waals surface area contributed by atoms with Crippen molar-refractivity contribution in [1.82, 2.24) is 24.6 Å². The molecule has 1 aliphatic rings. The zero-order chi connectivity index (χ0) is 24.7. The predicted molar refractivity (Wildman–Crippen MR) is 129 cm³/mol. The van der Waals surface area contributed by atoms with Crippen LogP contribution >= 0.6 is 0 Å². The zero-order valence-corrected chi connectivity index (χ0v) is 20.1. The van der Waals surface area contributed by atoms with E-state index >= 15 is 0 Å². The van der Waals surface area contributed by atoms with Gasteiger partial charge in [-0.25, -0.2) is 24.2 Å². The lowest BCUT2D eigenvalue weighted by Gasteiger charge is -2.33. The SMILES string of the molecule is Cc1cc(=O)oc2cc(Oc3ncnc4c3cnn4C3CCN(C(=O)OC(C)(C)C)CC3)ccc12. The lowest BCUT2D eigenvalue weighted by atomic mass is 10.1. The quantitative estimate of drug-likeness (QED) is 0.393. The number of aromatic nitrogens is 4. The second-order valence-corrected chi connectivity index (χ2v) is 9.71.